The molecule has 0 saturated carbocycles. The monoisotopic (exact) mass is 208 g/mol. The number of carbonyl (C=O) groups is 2. The van der Waals surface area contributed by atoms with Crippen LogP contribution in [-0.4, -0.2) is 36.3 Å². The van der Waals surface area contributed by atoms with Gasteiger partial charge in [-0.25, -0.2) is 0 Å². The molecule has 0 aromatic carbocycles. The Balaban J connectivity index is 2.02. The number of hydrogen-bond donors (Lipinski definition) is 1. The van der Waals surface area contributed by atoms with Crippen LogP contribution in [0.3, 0.4) is 0 Å². The van der Waals surface area contributed by atoms with E-state index in [4.69, 9.17) is 0 Å². The van der Waals surface area contributed by atoms with E-state index in [1.807, 2.05) is 6.92 Å². The molecule has 15 heavy (non-hydrogen) atoms. The molecular weight excluding hydrogens is 192 g/mol. The predicted molar refractivity (Wildman–Crippen MR) is 56.1 cm³/mol. The Hall–Kier alpha value is -1.16. The zero-order valence-electron chi connectivity index (χ0n) is 8.95. The summed E-state index contributed by atoms with van der Waals surface area (Å²) in [6, 6.07) is 0. The summed E-state index contributed by atoms with van der Waals surface area (Å²) < 4.78 is 0. The van der Waals surface area contributed by atoms with Crippen molar-refractivity contribution in [3.8, 4) is 0 Å². The molecule has 2 rings (SSSR count). The summed E-state index contributed by atoms with van der Waals surface area (Å²) in [5.41, 5.74) is 1.20. The topological polar surface area (TPSA) is 49.4 Å². The van der Waals surface area contributed by atoms with Crippen molar-refractivity contribution in [2.45, 2.75) is 19.8 Å². The number of imide groups is 1. The summed E-state index contributed by atoms with van der Waals surface area (Å²) in [4.78, 5) is 24.6. The molecule has 2 heterocycles. The van der Waals surface area contributed by atoms with Gasteiger partial charge < -0.3 is 5.32 Å². The van der Waals surface area contributed by atoms with E-state index in [-0.39, 0.29) is 17.7 Å². The summed E-state index contributed by atoms with van der Waals surface area (Å²) in [6.45, 7) is 4.11. The van der Waals surface area contributed by atoms with Crippen LogP contribution in [-0.2, 0) is 9.59 Å². The van der Waals surface area contributed by atoms with Crippen molar-refractivity contribution < 1.29 is 9.59 Å². The van der Waals surface area contributed by atoms with Gasteiger partial charge in [0.2, 0.25) is 11.8 Å². The number of rotatable bonds is 2. The SMILES string of the molecule is CC1CC(=O)N(CC2=CCNCC2)C1=O. The molecule has 0 spiro atoms. The Morgan fingerprint density at radius 1 is 1.53 bits per heavy atom. The maximum absolute atomic E-state index is 11.7. The second-order valence-corrected chi connectivity index (χ2v) is 4.24. The maximum atomic E-state index is 11.7. The summed E-state index contributed by atoms with van der Waals surface area (Å²) in [5, 5.41) is 3.21. The lowest BCUT2D eigenvalue weighted by molar-refractivity contribution is -0.138. The van der Waals surface area contributed by atoms with Crippen molar-refractivity contribution >= 4 is 11.8 Å². The van der Waals surface area contributed by atoms with Crippen LogP contribution in [0.4, 0.5) is 0 Å². The van der Waals surface area contributed by atoms with Gasteiger partial charge in [-0.15, -0.1) is 0 Å². The number of likely N-dealkylation sites (tertiary alicyclic amines) is 1. The number of hydrogen-bond acceptors (Lipinski definition) is 3. The molecule has 0 radical (unpaired) electrons. The molecular formula is C11H16N2O2. The molecule has 1 saturated heterocycles. The second-order valence-electron chi connectivity index (χ2n) is 4.24. The van der Waals surface area contributed by atoms with E-state index in [2.05, 4.69) is 11.4 Å². The second kappa shape index (κ2) is 4.14. The van der Waals surface area contributed by atoms with Gasteiger partial charge in [-0.05, 0) is 13.0 Å². The van der Waals surface area contributed by atoms with E-state index in [1.54, 1.807) is 0 Å². The molecule has 0 aromatic heterocycles. The highest BCUT2D eigenvalue weighted by atomic mass is 16.2. The Morgan fingerprint density at radius 3 is 2.87 bits per heavy atom. The normalized spacial score (nSPS) is 27.1. The molecule has 82 valence electrons. The number of nitrogens with one attached hydrogen (secondary N) is 1. The van der Waals surface area contributed by atoms with Crippen molar-refractivity contribution in [3.63, 3.8) is 0 Å². The Labute approximate surface area is 89.3 Å². The fourth-order valence-electron chi connectivity index (χ4n) is 2.03. The first kappa shape index (κ1) is 10.4. The molecule has 2 aliphatic rings. The Kier molecular flexibility index (Phi) is 2.86. The highest BCUT2D eigenvalue weighted by molar-refractivity contribution is 6.03. The molecule has 4 heteroatoms. The minimum atomic E-state index is -0.125. The van der Waals surface area contributed by atoms with Crippen LogP contribution in [0.2, 0.25) is 0 Å². The summed E-state index contributed by atoms with van der Waals surface area (Å²) >= 11 is 0. The highest BCUT2D eigenvalue weighted by Crippen LogP contribution is 2.20. The Morgan fingerprint density at radius 2 is 2.33 bits per heavy atom. The molecule has 4 nitrogen and oxygen atoms in total. The fraction of sp³-hybridized carbons (Fsp3) is 0.636. The maximum Gasteiger partial charge on any atom is 0.232 e. The van der Waals surface area contributed by atoms with Gasteiger partial charge in [0.1, 0.15) is 0 Å². The van der Waals surface area contributed by atoms with Crippen molar-refractivity contribution in [2.24, 2.45) is 5.92 Å². The molecule has 1 unspecified atom stereocenters. The zero-order chi connectivity index (χ0) is 10.8. The third-order valence-electron chi connectivity index (χ3n) is 2.99. The van der Waals surface area contributed by atoms with E-state index < -0.39 is 0 Å². The molecule has 0 aliphatic carbocycles. The van der Waals surface area contributed by atoms with Crippen LogP contribution in [0.1, 0.15) is 19.8 Å². The van der Waals surface area contributed by atoms with E-state index >= 15 is 0 Å². The molecule has 0 bridgehead atoms. The average Bonchev–Trinajstić information content (AvgIpc) is 2.47. The lowest BCUT2D eigenvalue weighted by atomic mass is 10.1. The molecule has 1 N–H and O–H groups in total. The van der Waals surface area contributed by atoms with E-state index in [1.165, 1.54) is 10.5 Å². The van der Waals surface area contributed by atoms with Crippen LogP contribution in [0.5, 0.6) is 0 Å². The summed E-state index contributed by atoms with van der Waals surface area (Å²) in [6.07, 6.45) is 3.39. The third-order valence-corrected chi connectivity index (χ3v) is 2.99. The first-order valence-corrected chi connectivity index (χ1v) is 5.41. The van der Waals surface area contributed by atoms with Crippen LogP contribution in [0.25, 0.3) is 0 Å². The molecule has 1 fully saturated rings. The van der Waals surface area contributed by atoms with Gasteiger partial charge in [-0.2, -0.15) is 0 Å². The number of amides is 2. The van der Waals surface area contributed by atoms with Gasteiger partial charge in [-0.3, -0.25) is 14.5 Å². The molecule has 2 amide bonds. The van der Waals surface area contributed by atoms with Crippen molar-refractivity contribution in [2.75, 3.05) is 19.6 Å². The van der Waals surface area contributed by atoms with Gasteiger partial charge >= 0.3 is 0 Å². The smallest absolute Gasteiger partial charge is 0.232 e. The predicted octanol–water partition coefficient (Wildman–Crippen LogP) is 0.301. The quantitative estimate of drug-likeness (QED) is 0.524. The van der Waals surface area contributed by atoms with E-state index in [9.17, 15) is 9.59 Å². The first-order valence-electron chi connectivity index (χ1n) is 5.41. The number of nitrogens with zero attached hydrogens (tertiary/aromatic N) is 1. The van der Waals surface area contributed by atoms with Crippen LogP contribution < -0.4 is 5.32 Å². The Bertz CT molecular complexity index is 323. The zero-order valence-corrected chi connectivity index (χ0v) is 8.95. The minimum absolute atomic E-state index is 0.0144. The third kappa shape index (κ3) is 2.09. The van der Waals surface area contributed by atoms with Gasteiger partial charge in [0.25, 0.3) is 0 Å². The lowest BCUT2D eigenvalue weighted by Gasteiger charge is -2.19. The van der Waals surface area contributed by atoms with Gasteiger partial charge in [0.05, 0.1) is 0 Å². The largest absolute Gasteiger partial charge is 0.313 e. The van der Waals surface area contributed by atoms with E-state index in [0.29, 0.717) is 13.0 Å². The molecule has 1 atom stereocenters. The van der Waals surface area contributed by atoms with Gasteiger partial charge in [0, 0.05) is 25.4 Å². The van der Waals surface area contributed by atoms with E-state index in [0.717, 1.165) is 19.5 Å². The molecule has 0 aromatic rings. The molecule has 2 aliphatic heterocycles. The van der Waals surface area contributed by atoms with Crippen molar-refractivity contribution in [1.29, 1.82) is 0 Å². The number of carbonyl (C=O) groups excluding carboxylic acids is 2. The highest BCUT2D eigenvalue weighted by Gasteiger charge is 2.35. The van der Waals surface area contributed by atoms with Crippen LogP contribution >= 0.6 is 0 Å². The van der Waals surface area contributed by atoms with Crippen LogP contribution in [0, 0.1) is 5.92 Å². The lowest BCUT2D eigenvalue weighted by Crippen LogP contribution is -2.34. The summed E-state index contributed by atoms with van der Waals surface area (Å²) in [5.74, 6) is -0.161. The van der Waals surface area contributed by atoms with Gasteiger partial charge in [0.15, 0.2) is 0 Å². The van der Waals surface area contributed by atoms with Crippen molar-refractivity contribution in [3.05, 3.63) is 11.6 Å². The standard InChI is InChI=1S/C11H16N2O2/c1-8-6-10(14)13(11(8)15)7-9-2-4-12-5-3-9/h2,8,12H,3-7H2,1H3. The minimum Gasteiger partial charge on any atom is -0.313 e. The van der Waals surface area contributed by atoms with Crippen LogP contribution in [0.15, 0.2) is 11.6 Å². The first-order chi connectivity index (χ1) is 7.18. The fourth-order valence-corrected chi connectivity index (χ4v) is 2.03. The van der Waals surface area contributed by atoms with Crippen molar-refractivity contribution in [1.82, 2.24) is 10.2 Å². The average molecular weight is 208 g/mol. The summed E-state index contributed by atoms with van der Waals surface area (Å²) in [7, 11) is 0. The van der Waals surface area contributed by atoms with Gasteiger partial charge in [-0.1, -0.05) is 18.6 Å².